The molecule has 1 heterocycles. The summed E-state index contributed by atoms with van der Waals surface area (Å²) in [6.45, 7) is 2.48. The minimum Gasteiger partial charge on any atom is -0.348 e. The fraction of sp³-hybridized carbons (Fsp3) is 0.143. The number of aromatic nitrogens is 1. The molecule has 2 N–H and O–H groups in total. The number of nitrogens with one attached hydrogen (secondary N) is 2. The highest BCUT2D eigenvalue weighted by atomic mass is 32.2. The lowest BCUT2D eigenvalue weighted by atomic mass is 10.1. The molecule has 1 aromatic heterocycles. The molecule has 0 aliphatic carbocycles. The maximum Gasteiger partial charge on any atom is 0.251 e. The quantitative estimate of drug-likeness (QED) is 0.644. The molecule has 0 aliphatic heterocycles. The van der Waals surface area contributed by atoms with Gasteiger partial charge < -0.3 is 5.32 Å². The van der Waals surface area contributed by atoms with Gasteiger partial charge in [-0.25, -0.2) is 13.1 Å². The minimum atomic E-state index is -3.74. The van der Waals surface area contributed by atoms with Gasteiger partial charge in [0.15, 0.2) is 0 Å². The SMILES string of the molecule is Cc1cccc(CNC(=O)c2cccc(S(=O)(=O)NCc3cccnc3)c2)c1. The van der Waals surface area contributed by atoms with E-state index in [4.69, 9.17) is 0 Å². The van der Waals surface area contributed by atoms with Crippen LogP contribution >= 0.6 is 0 Å². The second-order valence-corrected chi connectivity index (χ2v) is 8.15. The summed E-state index contributed by atoms with van der Waals surface area (Å²) in [7, 11) is -3.74. The number of amides is 1. The first kappa shape index (κ1) is 19.7. The van der Waals surface area contributed by atoms with Crippen LogP contribution in [0.4, 0.5) is 0 Å². The number of carbonyl (C=O) groups excluding carboxylic acids is 1. The maximum atomic E-state index is 12.5. The van der Waals surface area contributed by atoms with Gasteiger partial charge in [-0.1, -0.05) is 42.0 Å². The maximum absolute atomic E-state index is 12.5. The van der Waals surface area contributed by atoms with Crippen molar-refractivity contribution in [1.29, 1.82) is 0 Å². The van der Waals surface area contributed by atoms with Crippen LogP contribution in [0.25, 0.3) is 0 Å². The van der Waals surface area contributed by atoms with Gasteiger partial charge in [0, 0.05) is 31.0 Å². The molecule has 0 unspecified atom stereocenters. The summed E-state index contributed by atoms with van der Waals surface area (Å²) < 4.78 is 27.6. The molecule has 0 fully saturated rings. The lowest BCUT2D eigenvalue weighted by Gasteiger charge is -2.09. The molecule has 2 aromatic carbocycles. The fourth-order valence-electron chi connectivity index (χ4n) is 2.68. The van der Waals surface area contributed by atoms with Crippen molar-refractivity contribution in [2.24, 2.45) is 0 Å². The molecule has 0 radical (unpaired) electrons. The summed E-state index contributed by atoms with van der Waals surface area (Å²) >= 11 is 0. The summed E-state index contributed by atoms with van der Waals surface area (Å²) in [5, 5.41) is 2.82. The minimum absolute atomic E-state index is 0.0413. The Morgan fingerprint density at radius 3 is 2.50 bits per heavy atom. The van der Waals surface area contributed by atoms with E-state index in [-0.39, 0.29) is 22.9 Å². The van der Waals surface area contributed by atoms with Gasteiger partial charge in [0.05, 0.1) is 4.90 Å². The monoisotopic (exact) mass is 395 g/mol. The highest BCUT2D eigenvalue weighted by molar-refractivity contribution is 7.89. The van der Waals surface area contributed by atoms with Crippen LogP contribution in [-0.4, -0.2) is 19.3 Å². The Bertz CT molecular complexity index is 1070. The molecule has 144 valence electrons. The van der Waals surface area contributed by atoms with Crippen LogP contribution in [0, 0.1) is 6.92 Å². The van der Waals surface area contributed by atoms with Crippen LogP contribution in [0.2, 0.25) is 0 Å². The molecule has 1 amide bonds. The van der Waals surface area contributed by atoms with Crippen LogP contribution in [0.5, 0.6) is 0 Å². The van der Waals surface area contributed by atoms with Gasteiger partial charge in [0.25, 0.3) is 5.91 Å². The lowest BCUT2D eigenvalue weighted by Crippen LogP contribution is -2.25. The van der Waals surface area contributed by atoms with Crippen molar-refractivity contribution in [3.63, 3.8) is 0 Å². The summed E-state index contributed by atoms with van der Waals surface area (Å²) in [5.74, 6) is -0.328. The van der Waals surface area contributed by atoms with Gasteiger partial charge in [0.2, 0.25) is 10.0 Å². The molecule has 7 heteroatoms. The van der Waals surface area contributed by atoms with Crippen molar-refractivity contribution in [2.75, 3.05) is 0 Å². The third-order valence-electron chi connectivity index (χ3n) is 4.13. The van der Waals surface area contributed by atoms with Gasteiger partial charge in [-0.05, 0) is 42.3 Å². The highest BCUT2D eigenvalue weighted by Gasteiger charge is 2.16. The number of carbonyl (C=O) groups is 1. The van der Waals surface area contributed by atoms with E-state index >= 15 is 0 Å². The van der Waals surface area contributed by atoms with E-state index in [1.54, 1.807) is 36.7 Å². The van der Waals surface area contributed by atoms with Crippen molar-refractivity contribution in [2.45, 2.75) is 24.9 Å². The molecule has 0 saturated heterocycles. The van der Waals surface area contributed by atoms with E-state index in [1.165, 1.54) is 12.1 Å². The summed E-state index contributed by atoms with van der Waals surface area (Å²) in [4.78, 5) is 16.4. The average Bonchev–Trinajstić information content (AvgIpc) is 2.71. The molecular weight excluding hydrogens is 374 g/mol. The Hall–Kier alpha value is -3.03. The smallest absolute Gasteiger partial charge is 0.251 e. The topological polar surface area (TPSA) is 88.2 Å². The molecule has 6 nitrogen and oxygen atoms in total. The van der Waals surface area contributed by atoms with E-state index in [9.17, 15) is 13.2 Å². The Kier molecular flexibility index (Phi) is 6.18. The molecule has 0 aliphatic rings. The molecule has 0 saturated carbocycles. The molecule has 28 heavy (non-hydrogen) atoms. The van der Waals surface area contributed by atoms with Crippen LogP contribution < -0.4 is 10.0 Å². The molecule has 3 rings (SSSR count). The van der Waals surface area contributed by atoms with Crippen molar-refractivity contribution in [1.82, 2.24) is 15.0 Å². The number of hydrogen-bond acceptors (Lipinski definition) is 4. The van der Waals surface area contributed by atoms with Crippen LogP contribution in [0.3, 0.4) is 0 Å². The normalized spacial score (nSPS) is 11.2. The molecule has 0 atom stereocenters. The number of pyridine rings is 1. The summed E-state index contributed by atoms with van der Waals surface area (Å²) in [6, 6.07) is 17.3. The van der Waals surface area contributed by atoms with E-state index in [0.29, 0.717) is 6.54 Å². The number of sulfonamides is 1. The van der Waals surface area contributed by atoms with Crippen LogP contribution in [-0.2, 0) is 23.1 Å². The zero-order valence-electron chi connectivity index (χ0n) is 15.4. The van der Waals surface area contributed by atoms with E-state index in [2.05, 4.69) is 15.0 Å². The number of aryl methyl sites for hydroxylation is 1. The number of hydrogen-bond donors (Lipinski definition) is 2. The van der Waals surface area contributed by atoms with Gasteiger partial charge in [0.1, 0.15) is 0 Å². The fourth-order valence-corrected chi connectivity index (χ4v) is 3.74. The third kappa shape index (κ3) is 5.25. The second kappa shape index (κ2) is 8.77. The van der Waals surface area contributed by atoms with Crippen LogP contribution in [0.1, 0.15) is 27.0 Å². The summed E-state index contributed by atoms with van der Waals surface area (Å²) in [5.41, 5.74) is 3.13. The second-order valence-electron chi connectivity index (χ2n) is 6.39. The number of nitrogens with zero attached hydrogens (tertiary/aromatic N) is 1. The standard InChI is InChI=1S/C21H21N3O3S/c1-16-5-2-6-17(11-16)14-23-21(25)19-8-3-9-20(12-19)28(26,27)24-15-18-7-4-10-22-13-18/h2-13,24H,14-15H2,1H3,(H,23,25). The number of rotatable bonds is 7. The van der Waals surface area contributed by atoms with Crippen molar-refractivity contribution in [3.8, 4) is 0 Å². The Labute approximate surface area is 164 Å². The Balaban J connectivity index is 1.67. The average molecular weight is 395 g/mol. The Morgan fingerprint density at radius 2 is 1.75 bits per heavy atom. The lowest BCUT2D eigenvalue weighted by molar-refractivity contribution is 0.0950. The van der Waals surface area contributed by atoms with Crippen molar-refractivity contribution >= 4 is 15.9 Å². The molecular formula is C21H21N3O3S. The third-order valence-corrected chi connectivity index (χ3v) is 5.53. The summed E-state index contributed by atoms with van der Waals surface area (Å²) in [6.07, 6.45) is 3.22. The van der Waals surface area contributed by atoms with Crippen molar-refractivity contribution in [3.05, 3.63) is 95.3 Å². The first-order valence-electron chi connectivity index (χ1n) is 8.76. The van der Waals surface area contributed by atoms with Gasteiger partial charge in [-0.2, -0.15) is 0 Å². The van der Waals surface area contributed by atoms with Crippen molar-refractivity contribution < 1.29 is 13.2 Å². The predicted molar refractivity (Wildman–Crippen MR) is 107 cm³/mol. The molecule has 3 aromatic rings. The van der Waals surface area contributed by atoms with Gasteiger partial charge in [-0.15, -0.1) is 0 Å². The van der Waals surface area contributed by atoms with E-state index < -0.39 is 10.0 Å². The van der Waals surface area contributed by atoms with E-state index in [0.717, 1.165) is 16.7 Å². The first-order valence-corrected chi connectivity index (χ1v) is 10.2. The van der Waals surface area contributed by atoms with Gasteiger partial charge in [-0.3, -0.25) is 9.78 Å². The molecule has 0 bridgehead atoms. The first-order chi connectivity index (χ1) is 13.4. The predicted octanol–water partition coefficient (Wildman–Crippen LogP) is 2.80. The largest absolute Gasteiger partial charge is 0.348 e. The Morgan fingerprint density at radius 1 is 0.964 bits per heavy atom. The molecule has 0 spiro atoms. The van der Waals surface area contributed by atoms with E-state index in [1.807, 2.05) is 31.2 Å². The van der Waals surface area contributed by atoms with Gasteiger partial charge >= 0.3 is 0 Å². The highest BCUT2D eigenvalue weighted by Crippen LogP contribution is 2.13. The number of benzene rings is 2. The zero-order valence-corrected chi connectivity index (χ0v) is 16.2. The zero-order chi connectivity index (χ0) is 20.0. The van der Waals surface area contributed by atoms with Crippen LogP contribution in [0.15, 0.2) is 78.0 Å².